The molecule has 0 saturated carbocycles. The van der Waals surface area contributed by atoms with Gasteiger partial charge in [-0.05, 0) is 49.4 Å². The highest BCUT2D eigenvalue weighted by Crippen LogP contribution is 2.38. The third kappa shape index (κ3) is 2.98. The minimum atomic E-state index is -0.0393. The van der Waals surface area contributed by atoms with E-state index in [1.807, 2.05) is 11.8 Å². The van der Waals surface area contributed by atoms with E-state index in [-0.39, 0.29) is 11.9 Å². The molecule has 0 aliphatic carbocycles. The average Bonchev–Trinajstić information content (AvgIpc) is 3.06. The number of nitrogens with zero attached hydrogens (tertiary/aromatic N) is 1. The molecule has 24 heavy (non-hydrogen) atoms. The maximum atomic E-state index is 13.0. The molecular weight excluding hydrogens is 346 g/mol. The summed E-state index contributed by atoms with van der Waals surface area (Å²) in [5.41, 5.74) is 1.76. The molecule has 1 aromatic carbocycles. The number of halogens is 1. The lowest BCUT2D eigenvalue weighted by Gasteiger charge is -2.34. The first-order valence-electron chi connectivity index (χ1n) is 7.94. The standard InChI is InChI=1S/C18H20ClNO3S/c1-4-23-17-14(19)9-12(10-15(17)22-3)18(21)20-7-5-16-13(11(20)2)6-8-24-16/h6,8-11H,4-5,7H2,1-3H3/t11-/m0/s1. The van der Waals surface area contributed by atoms with Gasteiger partial charge in [0.15, 0.2) is 11.5 Å². The van der Waals surface area contributed by atoms with E-state index in [1.54, 1.807) is 30.6 Å². The van der Waals surface area contributed by atoms with Gasteiger partial charge in [-0.1, -0.05) is 11.6 Å². The molecule has 0 saturated heterocycles. The number of carbonyl (C=O) groups is 1. The van der Waals surface area contributed by atoms with Crippen LogP contribution < -0.4 is 9.47 Å². The van der Waals surface area contributed by atoms with Crippen molar-refractivity contribution in [2.75, 3.05) is 20.3 Å². The molecule has 0 spiro atoms. The van der Waals surface area contributed by atoms with Gasteiger partial charge in [0.2, 0.25) is 0 Å². The van der Waals surface area contributed by atoms with Crippen molar-refractivity contribution >= 4 is 28.8 Å². The van der Waals surface area contributed by atoms with Crippen LogP contribution in [0.4, 0.5) is 0 Å². The molecule has 4 nitrogen and oxygen atoms in total. The number of fused-ring (bicyclic) bond motifs is 1. The minimum absolute atomic E-state index is 0.0393. The highest BCUT2D eigenvalue weighted by Gasteiger charge is 2.30. The number of rotatable bonds is 4. The van der Waals surface area contributed by atoms with Crippen molar-refractivity contribution in [1.29, 1.82) is 0 Å². The Bertz CT molecular complexity index is 759. The van der Waals surface area contributed by atoms with Crippen LogP contribution in [0.1, 0.15) is 40.7 Å². The van der Waals surface area contributed by atoms with Gasteiger partial charge in [-0.25, -0.2) is 0 Å². The summed E-state index contributed by atoms with van der Waals surface area (Å²) in [4.78, 5) is 16.3. The summed E-state index contributed by atoms with van der Waals surface area (Å²) >= 11 is 8.06. The van der Waals surface area contributed by atoms with E-state index in [0.717, 1.165) is 6.42 Å². The molecule has 1 atom stereocenters. The Morgan fingerprint density at radius 1 is 1.46 bits per heavy atom. The Morgan fingerprint density at radius 2 is 2.25 bits per heavy atom. The van der Waals surface area contributed by atoms with Crippen molar-refractivity contribution in [2.45, 2.75) is 26.3 Å². The van der Waals surface area contributed by atoms with Crippen molar-refractivity contribution < 1.29 is 14.3 Å². The summed E-state index contributed by atoms with van der Waals surface area (Å²) in [6, 6.07) is 5.53. The molecule has 0 unspecified atom stereocenters. The van der Waals surface area contributed by atoms with E-state index in [9.17, 15) is 4.79 Å². The topological polar surface area (TPSA) is 38.8 Å². The van der Waals surface area contributed by atoms with E-state index in [0.29, 0.717) is 35.2 Å². The van der Waals surface area contributed by atoms with E-state index in [1.165, 1.54) is 10.4 Å². The third-order valence-electron chi connectivity index (χ3n) is 4.30. The molecule has 3 rings (SSSR count). The van der Waals surface area contributed by atoms with Gasteiger partial charge in [-0.2, -0.15) is 0 Å². The van der Waals surface area contributed by atoms with Gasteiger partial charge in [0, 0.05) is 17.0 Å². The van der Waals surface area contributed by atoms with Crippen LogP contribution in [0.15, 0.2) is 23.6 Å². The number of hydrogen-bond acceptors (Lipinski definition) is 4. The molecule has 1 amide bonds. The molecule has 6 heteroatoms. The maximum Gasteiger partial charge on any atom is 0.254 e. The second-order valence-corrected chi connectivity index (χ2v) is 7.05. The first-order valence-corrected chi connectivity index (χ1v) is 9.20. The number of hydrogen-bond donors (Lipinski definition) is 0. The van der Waals surface area contributed by atoms with E-state index >= 15 is 0 Å². The summed E-state index contributed by atoms with van der Waals surface area (Å²) < 4.78 is 10.9. The summed E-state index contributed by atoms with van der Waals surface area (Å²) in [7, 11) is 1.55. The number of amides is 1. The summed E-state index contributed by atoms with van der Waals surface area (Å²) in [6.07, 6.45) is 0.894. The van der Waals surface area contributed by atoms with Gasteiger partial charge >= 0.3 is 0 Å². The zero-order valence-corrected chi connectivity index (χ0v) is 15.5. The predicted octanol–water partition coefficient (Wildman–Crippen LogP) is 4.57. The van der Waals surface area contributed by atoms with E-state index in [2.05, 4.69) is 18.4 Å². The van der Waals surface area contributed by atoms with Crippen molar-refractivity contribution in [2.24, 2.45) is 0 Å². The van der Waals surface area contributed by atoms with Gasteiger partial charge in [-0.3, -0.25) is 4.79 Å². The minimum Gasteiger partial charge on any atom is -0.493 e. The number of thiophene rings is 1. The second-order valence-electron chi connectivity index (χ2n) is 5.65. The lowest BCUT2D eigenvalue weighted by atomic mass is 10.00. The SMILES string of the molecule is CCOc1c(Cl)cc(C(=O)N2CCc3sccc3[C@@H]2C)cc1OC. The first kappa shape index (κ1) is 17.1. The van der Waals surface area contributed by atoms with Crippen molar-refractivity contribution in [3.63, 3.8) is 0 Å². The van der Waals surface area contributed by atoms with Crippen LogP contribution in [0.3, 0.4) is 0 Å². The Morgan fingerprint density at radius 3 is 2.96 bits per heavy atom. The Hall–Kier alpha value is -1.72. The quantitative estimate of drug-likeness (QED) is 0.796. The Kier molecular flexibility index (Phi) is 5.01. The number of carbonyl (C=O) groups excluding carboxylic acids is 1. The number of ether oxygens (including phenoxy) is 2. The molecule has 1 aliphatic rings. The molecular formula is C18H20ClNO3S. The van der Waals surface area contributed by atoms with Gasteiger partial charge in [0.25, 0.3) is 5.91 Å². The second kappa shape index (κ2) is 7.03. The summed E-state index contributed by atoms with van der Waals surface area (Å²) in [5.74, 6) is 0.918. The van der Waals surface area contributed by atoms with Crippen LogP contribution in [0.25, 0.3) is 0 Å². The van der Waals surface area contributed by atoms with Gasteiger partial charge in [0.1, 0.15) is 0 Å². The Labute approximate surface area is 150 Å². The van der Waals surface area contributed by atoms with Gasteiger partial charge in [0.05, 0.1) is 24.8 Å². The molecule has 1 aliphatic heterocycles. The van der Waals surface area contributed by atoms with Crippen LogP contribution >= 0.6 is 22.9 Å². The van der Waals surface area contributed by atoms with Crippen LogP contribution in [-0.4, -0.2) is 31.1 Å². The molecule has 0 N–H and O–H groups in total. The fraction of sp³-hybridized carbons (Fsp3) is 0.389. The monoisotopic (exact) mass is 365 g/mol. The fourth-order valence-electron chi connectivity index (χ4n) is 3.08. The molecule has 0 fully saturated rings. The molecule has 0 bridgehead atoms. The highest BCUT2D eigenvalue weighted by molar-refractivity contribution is 7.10. The first-order chi connectivity index (χ1) is 11.6. The van der Waals surface area contributed by atoms with Crippen LogP contribution in [0.2, 0.25) is 5.02 Å². The lowest BCUT2D eigenvalue weighted by molar-refractivity contribution is 0.0679. The Balaban J connectivity index is 1.92. The zero-order valence-electron chi connectivity index (χ0n) is 14.0. The maximum absolute atomic E-state index is 13.0. The van der Waals surface area contributed by atoms with E-state index in [4.69, 9.17) is 21.1 Å². The van der Waals surface area contributed by atoms with Gasteiger partial charge < -0.3 is 14.4 Å². The molecule has 0 radical (unpaired) electrons. The number of methoxy groups -OCH3 is 1. The van der Waals surface area contributed by atoms with Crippen LogP contribution in [0, 0.1) is 0 Å². The largest absolute Gasteiger partial charge is 0.493 e. The fourth-order valence-corrected chi connectivity index (χ4v) is 4.31. The van der Waals surface area contributed by atoms with Crippen LogP contribution in [0.5, 0.6) is 11.5 Å². The molecule has 1 aromatic heterocycles. The highest BCUT2D eigenvalue weighted by atomic mass is 35.5. The summed E-state index contributed by atoms with van der Waals surface area (Å²) in [5, 5.41) is 2.48. The van der Waals surface area contributed by atoms with Crippen LogP contribution in [-0.2, 0) is 6.42 Å². The lowest BCUT2D eigenvalue weighted by Crippen LogP contribution is -2.38. The zero-order chi connectivity index (χ0) is 17.3. The molecule has 2 heterocycles. The van der Waals surface area contributed by atoms with Gasteiger partial charge in [-0.15, -0.1) is 11.3 Å². The van der Waals surface area contributed by atoms with Crippen molar-refractivity contribution in [3.05, 3.63) is 44.6 Å². The predicted molar refractivity (Wildman–Crippen MR) is 96.6 cm³/mol. The third-order valence-corrected chi connectivity index (χ3v) is 5.58. The average molecular weight is 366 g/mol. The molecule has 2 aromatic rings. The normalized spacial score (nSPS) is 16.7. The van der Waals surface area contributed by atoms with Crippen molar-refractivity contribution in [3.8, 4) is 11.5 Å². The summed E-state index contributed by atoms with van der Waals surface area (Å²) in [6.45, 7) is 5.13. The molecule has 128 valence electrons. The van der Waals surface area contributed by atoms with E-state index < -0.39 is 0 Å². The van der Waals surface area contributed by atoms with Crippen molar-refractivity contribution in [1.82, 2.24) is 4.90 Å². The number of benzene rings is 1. The smallest absolute Gasteiger partial charge is 0.254 e.